The van der Waals surface area contributed by atoms with Crippen molar-refractivity contribution in [2.24, 2.45) is 0 Å². The Morgan fingerprint density at radius 1 is 1.33 bits per heavy atom. The molecule has 0 saturated carbocycles. The van der Waals surface area contributed by atoms with Gasteiger partial charge in [0, 0.05) is 22.0 Å². The van der Waals surface area contributed by atoms with Gasteiger partial charge in [0.05, 0.1) is 10.7 Å². The van der Waals surface area contributed by atoms with E-state index in [1.54, 1.807) is 11.3 Å². The zero-order chi connectivity index (χ0) is 15.1. The van der Waals surface area contributed by atoms with Gasteiger partial charge < -0.3 is 10.1 Å². The highest BCUT2D eigenvalue weighted by atomic mass is 79.9. The molecule has 0 amide bonds. The Balaban J connectivity index is 2.00. The number of ether oxygens (including phenoxy) is 1. The minimum atomic E-state index is 0.527. The third-order valence-corrected chi connectivity index (χ3v) is 4.58. The van der Waals surface area contributed by atoms with E-state index in [4.69, 9.17) is 4.74 Å². The molecular weight excluding hydrogens is 348 g/mol. The van der Waals surface area contributed by atoms with Crippen molar-refractivity contribution in [1.29, 1.82) is 0 Å². The lowest BCUT2D eigenvalue weighted by Crippen LogP contribution is -2.14. The van der Waals surface area contributed by atoms with Gasteiger partial charge in [-0.15, -0.1) is 11.3 Å². The Morgan fingerprint density at radius 2 is 2.19 bits per heavy atom. The SMILES string of the molecule is CCCNCc1cc(Br)ccc1OCc1csc(CC)n1. The minimum absolute atomic E-state index is 0.527. The van der Waals surface area contributed by atoms with Crippen LogP contribution in [0.15, 0.2) is 28.1 Å². The molecule has 0 spiro atoms. The number of aromatic nitrogens is 1. The number of halogens is 1. The van der Waals surface area contributed by atoms with Crippen LogP contribution in [0.3, 0.4) is 0 Å². The van der Waals surface area contributed by atoms with Crippen molar-refractivity contribution in [2.75, 3.05) is 6.54 Å². The Hall–Kier alpha value is -0.910. The minimum Gasteiger partial charge on any atom is -0.487 e. The Morgan fingerprint density at radius 3 is 2.90 bits per heavy atom. The molecule has 2 aromatic rings. The van der Waals surface area contributed by atoms with E-state index >= 15 is 0 Å². The summed E-state index contributed by atoms with van der Waals surface area (Å²) in [5, 5.41) is 6.65. The monoisotopic (exact) mass is 368 g/mol. The lowest BCUT2D eigenvalue weighted by molar-refractivity contribution is 0.298. The molecule has 0 saturated heterocycles. The van der Waals surface area contributed by atoms with Gasteiger partial charge in [-0.2, -0.15) is 0 Å². The second-order valence-corrected chi connectivity index (χ2v) is 6.66. The van der Waals surface area contributed by atoms with Crippen molar-refractivity contribution in [3.05, 3.63) is 44.3 Å². The van der Waals surface area contributed by atoms with Crippen molar-refractivity contribution in [3.63, 3.8) is 0 Å². The van der Waals surface area contributed by atoms with Crippen LogP contribution in [-0.2, 0) is 19.6 Å². The van der Waals surface area contributed by atoms with Crippen LogP contribution in [0.4, 0.5) is 0 Å². The van der Waals surface area contributed by atoms with Gasteiger partial charge in [0.2, 0.25) is 0 Å². The van der Waals surface area contributed by atoms with Crippen molar-refractivity contribution < 1.29 is 4.74 Å². The molecule has 1 heterocycles. The average Bonchev–Trinajstić information content (AvgIpc) is 2.95. The van der Waals surface area contributed by atoms with E-state index in [2.05, 4.69) is 51.5 Å². The van der Waals surface area contributed by atoms with E-state index in [0.29, 0.717) is 6.61 Å². The van der Waals surface area contributed by atoms with E-state index in [1.807, 2.05) is 12.1 Å². The molecule has 0 atom stereocenters. The molecule has 1 N–H and O–H groups in total. The lowest BCUT2D eigenvalue weighted by atomic mass is 10.2. The molecule has 114 valence electrons. The number of nitrogens with zero attached hydrogens (tertiary/aromatic N) is 1. The first-order valence-electron chi connectivity index (χ1n) is 7.28. The maximum Gasteiger partial charge on any atom is 0.131 e. The van der Waals surface area contributed by atoms with Gasteiger partial charge >= 0.3 is 0 Å². The Bertz CT molecular complexity index is 571. The molecule has 1 aromatic carbocycles. The normalized spacial score (nSPS) is 10.8. The summed E-state index contributed by atoms with van der Waals surface area (Å²) in [6.07, 6.45) is 2.11. The molecule has 0 radical (unpaired) electrons. The second-order valence-electron chi connectivity index (χ2n) is 4.80. The molecule has 3 nitrogen and oxygen atoms in total. The lowest BCUT2D eigenvalue weighted by Gasteiger charge is -2.12. The summed E-state index contributed by atoms with van der Waals surface area (Å²) in [4.78, 5) is 4.54. The summed E-state index contributed by atoms with van der Waals surface area (Å²) in [5.41, 5.74) is 2.18. The van der Waals surface area contributed by atoms with E-state index in [0.717, 1.165) is 46.9 Å². The van der Waals surface area contributed by atoms with Crippen molar-refractivity contribution in [2.45, 2.75) is 39.8 Å². The molecule has 5 heteroatoms. The van der Waals surface area contributed by atoms with E-state index in [-0.39, 0.29) is 0 Å². The van der Waals surface area contributed by atoms with Gasteiger partial charge in [0.15, 0.2) is 0 Å². The zero-order valence-corrected chi connectivity index (χ0v) is 14.9. The Kier molecular flexibility index (Phi) is 6.67. The highest BCUT2D eigenvalue weighted by molar-refractivity contribution is 9.10. The third kappa shape index (κ3) is 5.09. The fourth-order valence-corrected chi connectivity index (χ4v) is 3.09. The predicted molar refractivity (Wildman–Crippen MR) is 92.0 cm³/mol. The van der Waals surface area contributed by atoms with E-state index in [9.17, 15) is 0 Å². The van der Waals surface area contributed by atoms with Gasteiger partial charge in [0.25, 0.3) is 0 Å². The summed E-state index contributed by atoms with van der Waals surface area (Å²) in [5.74, 6) is 0.924. The summed E-state index contributed by atoms with van der Waals surface area (Å²) in [7, 11) is 0. The van der Waals surface area contributed by atoms with Crippen LogP contribution < -0.4 is 10.1 Å². The van der Waals surface area contributed by atoms with Gasteiger partial charge in [-0.1, -0.05) is 29.8 Å². The second kappa shape index (κ2) is 8.51. The number of benzene rings is 1. The highest BCUT2D eigenvalue weighted by Crippen LogP contribution is 2.24. The molecule has 0 bridgehead atoms. The van der Waals surface area contributed by atoms with Gasteiger partial charge in [-0.25, -0.2) is 4.98 Å². The van der Waals surface area contributed by atoms with E-state index in [1.165, 1.54) is 5.56 Å². The van der Waals surface area contributed by atoms with Crippen LogP contribution in [0.1, 0.15) is 36.5 Å². The molecule has 0 aliphatic rings. The zero-order valence-electron chi connectivity index (χ0n) is 12.5. The summed E-state index contributed by atoms with van der Waals surface area (Å²) in [6, 6.07) is 6.13. The van der Waals surface area contributed by atoms with Crippen molar-refractivity contribution in [1.82, 2.24) is 10.3 Å². The number of aryl methyl sites for hydroxylation is 1. The van der Waals surface area contributed by atoms with Crippen LogP contribution >= 0.6 is 27.3 Å². The van der Waals surface area contributed by atoms with Crippen LogP contribution in [0.2, 0.25) is 0 Å². The summed E-state index contributed by atoms with van der Waals surface area (Å²) in [6.45, 7) is 6.64. The fraction of sp³-hybridized carbons (Fsp3) is 0.438. The molecule has 0 fully saturated rings. The summed E-state index contributed by atoms with van der Waals surface area (Å²) < 4.78 is 7.02. The maximum absolute atomic E-state index is 5.95. The maximum atomic E-state index is 5.95. The van der Waals surface area contributed by atoms with Crippen molar-refractivity contribution in [3.8, 4) is 5.75 Å². The van der Waals surface area contributed by atoms with Crippen molar-refractivity contribution >= 4 is 27.3 Å². The molecule has 21 heavy (non-hydrogen) atoms. The molecule has 1 aromatic heterocycles. The first-order chi connectivity index (χ1) is 10.2. The number of thiazole rings is 1. The third-order valence-electron chi connectivity index (χ3n) is 3.04. The quantitative estimate of drug-likeness (QED) is 0.694. The smallest absolute Gasteiger partial charge is 0.131 e. The molecule has 0 aliphatic heterocycles. The molecule has 0 unspecified atom stereocenters. The van der Waals surface area contributed by atoms with Crippen LogP contribution in [0.5, 0.6) is 5.75 Å². The van der Waals surface area contributed by atoms with Crippen LogP contribution in [0, 0.1) is 0 Å². The standard InChI is InChI=1S/C16H21BrN2OS/c1-3-7-18-9-12-8-13(17)5-6-15(12)20-10-14-11-21-16(4-2)19-14/h5-6,8,11,18H,3-4,7,9-10H2,1-2H3. The fourth-order valence-electron chi connectivity index (χ4n) is 1.96. The highest BCUT2D eigenvalue weighted by Gasteiger charge is 2.07. The van der Waals surface area contributed by atoms with E-state index < -0.39 is 0 Å². The first kappa shape index (κ1) is 16.5. The number of hydrogen-bond acceptors (Lipinski definition) is 4. The van der Waals surface area contributed by atoms with Gasteiger partial charge in [-0.3, -0.25) is 0 Å². The largest absolute Gasteiger partial charge is 0.487 e. The van der Waals surface area contributed by atoms with Crippen LogP contribution in [0.25, 0.3) is 0 Å². The van der Waals surface area contributed by atoms with Crippen LogP contribution in [-0.4, -0.2) is 11.5 Å². The molecular formula is C16H21BrN2OS. The topological polar surface area (TPSA) is 34.1 Å². The average molecular weight is 369 g/mol. The Labute approximate surface area is 138 Å². The number of rotatable bonds is 8. The van der Waals surface area contributed by atoms with Gasteiger partial charge in [0.1, 0.15) is 12.4 Å². The number of nitrogens with one attached hydrogen (secondary N) is 1. The molecule has 2 rings (SSSR count). The predicted octanol–water partition coefficient (Wildman–Crippen LogP) is 4.55. The summed E-state index contributed by atoms with van der Waals surface area (Å²) >= 11 is 5.22. The van der Waals surface area contributed by atoms with Gasteiger partial charge in [-0.05, 0) is 37.6 Å². The first-order valence-corrected chi connectivity index (χ1v) is 8.95. The number of hydrogen-bond donors (Lipinski definition) is 1. The molecule has 0 aliphatic carbocycles.